The third-order valence-corrected chi connectivity index (χ3v) is 2.65. The zero-order chi connectivity index (χ0) is 11.4. The second-order valence-corrected chi connectivity index (χ2v) is 4.29. The van der Waals surface area contributed by atoms with E-state index in [-0.39, 0.29) is 0 Å². The molecule has 1 aromatic heterocycles. The fourth-order valence-corrected chi connectivity index (χ4v) is 1.35. The van der Waals surface area contributed by atoms with Crippen LogP contribution in [0.25, 0.3) is 6.20 Å². The van der Waals surface area contributed by atoms with Gasteiger partial charge in [-0.25, -0.2) is 4.98 Å². The first-order valence-corrected chi connectivity index (χ1v) is 5.57. The fourth-order valence-electron chi connectivity index (χ4n) is 1.35. The van der Waals surface area contributed by atoms with Gasteiger partial charge in [-0.3, -0.25) is 4.57 Å². The van der Waals surface area contributed by atoms with Gasteiger partial charge in [0, 0.05) is 11.9 Å². The van der Waals surface area contributed by atoms with Crippen molar-refractivity contribution in [2.45, 2.75) is 40.0 Å². The van der Waals surface area contributed by atoms with E-state index in [0.717, 1.165) is 12.1 Å². The maximum Gasteiger partial charge on any atom is 0.204 e. The molecule has 0 aromatic carbocycles. The van der Waals surface area contributed by atoms with Crippen molar-refractivity contribution in [1.82, 2.24) is 9.55 Å². The molecule has 84 valence electrons. The van der Waals surface area contributed by atoms with Crippen molar-refractivity contribution in [3.8, 4) is 0 Å². The highest BCUT2D eigenvalue weighted by atomic mass is 15.1. The molecule has 0 saturated heterocycles. The first-order chi connectivity index (χ1) is 7.06. The lowest BCUT2D eigenvalue weighted by molar-refractivity contribution is 0.697. The van der Waals surface area contributed by atoms with Gasteiger partial charge in [0.2, 0.25) is 5.95 Å². The molecule has 0 aliphatic heterocycles. The summed E-state index contributed by atoms with van der Waals surface area (Å²) in [5.74, 6) is 1.58. The maximum absolute atomic E-state index is 5.81. The molecule has 3 heteroatoms. The quantitative estimate of drug-likeness (QED) is 0.824. The summed E-state index contributed by atoms with van der Waals surface area (Å²) in [7, 11) is 0. The first kappa shape index (κ1) is 11.8. The molecule has 1 heterocycles. The van der Waals surface area contributed by atoms with Crippen molar-refractivity contribution >= 4 is 12.1 Å². The average molecular weight is 207 g/mol. The van der Waals surface area contributed by atoms with Crippen LogP contribution < -0.4 is 5.73 Å². The second-order valence-electron chi connectivity index (χ2n) is 4.29. The highest BCUT2D eigenvalue weighted by Crippen LogP contribution is 2.18. The molecule has 0 radical (unpaired) electrons. The zero-order valence-corrected chi connectivity index (χ0v) is 10.1. The highest BCUT2D eigenvalue weighted by Gasteiger charge is 2.08. The summed E-state index contributed by atoms with van der Waals surface area (Å²) in [5, 5.41) is 0. The molecule has 1 unspecified atom stereocenters. The maximum atomic E-state index is 5.81. The third-order valence-electron chi connectivity index (χ3n) is 2.65. The molecule has 1 atom stereocenters. The standard InChI is InChI=1S/C12H21N3/c1-5-10(4)6-7-15-11(9(2)3)8-14-12(15)13/h6-10H,5H2,1-4H3,(H2,13,14)/b7-6-. The van der Waals surface area contributed by atoms with E-state index >= 15 is 0 Å². The Balaban J connectivity index is 2.92. The summed E-state index contributed by atoms with van der Waals surface area (Å²) < 4.78 is 1.97. The molecule has 1 rings (SSSR count). The van der Waals surface area contributed by atoms with Gasteiger partial charge in [0.1, 0.15) is 0 Å². The van der Waals surface area contributed by atoms with E-state index in [9.17, 15) is 0 Å². The average Bonchev–Trinajstić information content (AvgIpc) is 2.56. The number of anilines is 1. The lowest BCUT2D eigenvalue weighted by Gasteiger charge is -2.08. The number of nitrogens with zero attached hydrogens (tertiary/aromatic N) is 2. The van der Waals surface area contributed by atoms with Crippen LogP contribution in [0.15, 0.2) is 12.3 Å². The fraction of sp³-hybridized carbons (Fsp3) is 0.583. The largest absolute Gasteiger partial charge is 0.369 e. The van der Waals surface area contributed by atoms with Crippen LogP contribution in [0.3, 0.4) is 0 Å². The van der Waals surface area contributed by atoms with Crippen LogP contribution in [0.4, 0.5) is 5.95 Å². The van der Waals surface area contributed by atoms with Gasteiger partial charge in [-0.05, 0) is 11.8 Å². The number of hydrogen-bond donors (Lipinski definition) is 1. The number of aromatic nitrogens is 2. The minimum Gasteiger partial charge on any atom is -0.369 e. The molecule has 15 heavy (non-hydrogen) atoms. The van der Waals surface area contributed by atoms with Crippen LogP contribution in [0.1, 0.15) is 45.7 Å². The Morgan fingerprint density at radius 3 is 2.67 bits per heavy atom. The van der Waals surface area contributed by atoms with Crippen LogP contribution in [0, 0.1) is 5.92 Å². The van der Waals surface area contributed by atoms with Gasteiger partial charge in [-0.1, -0.05) is 40.2 Å². The Morgan fingerprint density at radius 1 is 1.47 bits per heavy atom. The Morgan fingerprint density at radius 2 is 2.13 bits per heavy atom. The van der Waals surface area contributed by atoms with E-state index < -0.39 is 0 Å². The number of rotatable bonds is 4. The van der Waals surface area contributed by atoms with E-state index in [0.29, 0.717) is 17.8 Å². The van der Waals surface area contributed by atoms with Crippen LogP contribution in [0.2, 0.25) is 0 Å². The van der Waals surface area contributed by atoms with Gasteiger partial charge < -0.3 is 5.73 Å². The Labute approximate surface area is 92.0 Å². The van der Waals surface area contributed by atoms with E-state index in [1.54, 1.807) is 0 Å². The summed E-state index contributed by atoms with van der Waals surface area (Å²) in [6, 6.07) is 0. The Hall–Kier alpha value is -1.25. The number of imidazole rings is 1. The minimum absolute atomic E-state index is 0.441. The van der Waals surface area contributed by atoms with Crippen LogP contribution in [0.5, 0.6) is 0 Å². The Bertz CT molecular complexity index is 337. The predicted molar refractivity (Wildman–Crippen MR) is 65.5 cm³/mol. The normalized spacial score (nSPS) is 13.9. The molecular formula is C12H21N3. The highest BCUT2D eigenvalue weighted by molar-refractivity contribution is 5.39. The van der Waals surface area contributed by atoms with Gasteiger partial charge in [-0.15, -0.1) is 0 Å². The molecule has 0 fully saturated rings. The van der Waals surface area contributed by atoms with Gasteiger partial charge >= 0.3 is 0 Å². The molecular weight excluding hydrogens is 186 g/mol. The minimum atomic E-state index is 0.441. The Kier molecular flexibility index (Phi) is 3.95. The number of nitrogen functional groups attached to an aromatic ring is 1. The first-order valence-electron chi connectivity index (χ1n) is 5.57. The molecule has 0 amide bonds. The molecule has 0 spiro atoms. The van der Waals surface area contributed by atoms with Crippen LogP contribution >= 0.6 is 0 Å². The smallest absolute Gasteiger partial charge is 0.204 e. The van der Waals surface area contributed by atoms with Crippen molar-refractivity contribution in [2.75, 3.05) is 5.73 Å². The molecule has 1 aromatic rings. The molecule has 2 N–H and O–H groups in total. The summed E-state index contributed by atoms with van der Waals surface area (Å²) in [6.07, 6.45) is 7.19. The molecule has 0 aliphatic rings. The van der Waals surface area contributed by atoms with Crippen LogP contribution in [-0.2, 0) is 0 Å². The topological polar surface area (TPSA) is 43.8 Å². The summed E-state index contributed by atoms with van der Waals surface area (Å²) >= 11 is 0. The van der Waals surface area contributed by atoms with E-state index in [1.807, 2.05) is 17.0 Å². The molecule has 3 nitrogen and oxygen atoms in total. The van der Waals surface area contributed by atoms with Gasteiger partial charge in [0.25, 0.3) is 0 Å². The number of hydrogen-bond acceptors (Lipinski definition) is 2. The van der Waals surface area contributed by atoms with Crippen molar-refractivity contribution < 1.29 is 0 Å². The van der Waals surface area contributed by atoms with E-state index in [4.69, 9.17) is 5.73 Å². The van der Waals surface area contributed by atoms with Gasteiger partial charge in [-0.2, -0.15) is 0 Å². The van der Waals surface area contributed by atoms with Crippen LogP contribution in [-0.4, -0.2) is 9.55 Å². The summed E-state index contributed by atoms with van der Waals surface area (Å²) in [6.45, 7) is 8.66. The van der Waals surface area contributed by atoms with E-state index in [2.05, 4.69) is 38.8 Å². The van der Waals surface area contributed by atoms with Crippen molar-refractivity contribution in [3.05, 3.63) is 18.0 Å². The molecule has 0 saturated carbocycles. The lowest BCUT2D eigenvalue weighted by atomic mass is 10.1. The second kappa shape index (κ2) is 5.01. The van der Waals surface area contributed by atoms with E-state index in [1.165, 1.54) is 0 Å². The third kappa shape index (κ3) is 2.85. The van der Waals surface area contributed by atoms with Crippen molar-refractivity contribution in [1.29, 1.82) is 0 Å². The zero-order valence-electron chi connectivity index (χ0n) is 10.1. The summed E-state index contributed by atoms with van der Waals surface area (Å²) in [5.41, 5.74) is 6.97. The van der Waals surface area contributed by atoms with Crippen molar-refractivity contribution in [2.24, 2.45) is 5.92 Å². The summed E-state index contributed by atoms with van der Waals surface area (Å²) in [4.78, 5) is 4.13. The SMILES string of the molecule is CCC(C)/C=C\n1c(C(C)C)cnc1N. The number of nitrogens with two attached hydrogens (primary N) is 1. The molecule has 0 aliphatic carbocycles. The van der Waals surface area contributed by atoms with Gasteiger partial charge in [0.05, 0.1) is 6.20 Å². The monoisotopic (exact) mass is 207 g/mol. The lowest BCUT2D eigenvalue weighted by Crippen LogP contribution is -2.02. The van der Waals surface area contributed by atoms with Gasteiger partial charge in [0.15, 0.2) is 0 Å². The van der Waals surface area contributed by atoms with Crippen molar-refractivity contribution in [3.63, 3.8) is 0 Å². The molecule has 0 bridgehead atoms. The predicted octanol–water partition coefficient (Wildman–Crippen LogP) is 3.11. The number of allylic oxidation sites excluding steroid dienone is 1.